The molecule has 2 aromatic carbocycles. The smallest absolute Gasteiger partial charge is 0.253 e. The molecule has 1 saturated heterocycles. The van der Waals surface area contributed by atoms with Crippen molar-refractivity contribution >= 4 is 23.2 Å². The lowest BCUT2D eigenvalue weighted by atomic mass is 10.1. The van der Waals surface area contributed by atoms with Crippen LogP contribution in [0.5, 0.6) is 5.75 Å². The lowest BCUT2D eigenvalue weighted by Gasteiger charge is -2.36. The Kier molecular flexibility index (Phi) is 4.94. The molecule has 4 rings (SSSR count). The summed E-state index contributed by atoms with van der Waals surface area (Å²) in [5.41, 5.74) is 3.78. The number of amides is 2. The van der Waals surface area contributed by atoms with Gasteiger partial charge in [-0.15, -0.1) is 0 Å². The fourth-order valence-corrected chi connectivity index (χ4v) is 4.09. The number of carbonyl (C=O) groups excluding carboxylic acids is 2. The van der Waals surface area contributed by atoms with Gasteiger partial charge in [-0.2, -0.15) is 0 Å². The number of nitrogens with zero attached hydrogens (tertiary/aromatic N) is 3. The van der Waals surface area contributed by atoms with Gasteiger partial charge < -0.3 is 19.4 Å². The Labute approximate surface area is 165 Å². The minimum atomic E-state index is 0.0466. The number of benzene rings is 2. The number of anilines is 2. The average Bonchev–Trinajstić information content (AvgIpc) is 3.17. The van der Waals surface area contributed by atoms with Crippen molar-refractivity contribution in [2.24, 2.45) is 0 Å². The summed E-state index contributed by atoms with van der Waals surface area (Å²) in [4.78, 5) is 30.6. The highest BCUT2D eigenvalue weighted by atomic mass is 16.5. The third-order valence-electron chi connectivity index (χ3n) is 5.59. The van der Waals surface area contributed by atoms with Crippen LogP contribution < -0.4 is 14.5 Å². The second kappa shape index (κ2) is 7.54. The van der Waals surface area contributed by atoms with Gasteiger partial charge in [-0.3, -0.25) is 9.59 Å². The van der Waals surface area contributed by atoms with Crippen molar-refractivity contribution in [3.8, 4) is 5.75 Å². The zero-order chi connectivity index (χ0) is 19.7. The highest BCUT2D eigenvalue weighted by Gasteiger charge is 2.26. The maximum atomic E-state index is 13.0. The van der Waals surface area contributed by atoms with Crippen LogP contribution in [0.1, 0.15) is 22.8 Å². The van der Waals surface area contributed by atoms with Gasteiger partial charge in [0.25, 0.3) is 5.91 Å². The van der Waals surface area contributed by atoms with Crippen molar-refractivity contribution in [2.75, 3.05) is 49.6 Å². The van der Waals surface area contributed by atoms with Crippen molar-refractivity contribution in [3.05, 3.63) is 53.6 Å². The third-order valence-corrected chi connectivity index (χ3v) is 5.59. The Morgan fingerprint density at radius 3 is 2.39 bits per heavy atom. The molecule has 2 aliphatic heterocycles. The van der Waals surface area contributed by atoms with Crippen LogP contribution in [-0.2, 0) is 11.2 Å². The summed E-state index contributed by atoms with van der Waals surface area (Å²) in [5.74, 6) is 0.963. The fraction of sp³-hybridized carbons (Fsp3) is 0.364. The number of hydrogen-bond acceptors (Lipinski definition) is 4. The van der Waals surface area contributed by atoms with E-state index in [0.29, 0.717) is 25.2 Å². The second-order valence-electron chi connectivity index (χ2n) is 7.22. The van der Waals surface area contributed by atoms with E-state index in [4.69, 9.17) is 4.74 Å². The summed E-state index contributed by atoms with van der Waals surface area (Å²) in [5, 5.41) is 0. The summed E-state index contributed by atoms with van der Waals surface area (Å²) in [6.45, 7) is 5.17. The fourth-order valence-electron chi connectivity index (χ4n) is 4.09. The molecular weight excluding hydrogens is 354 g/mol. The zero-order valence-electron chi connectivity index (χ0n) is 16.4. The van der Waals surface area contributed by atoms with Crippen molar-refractivity contribution in [1.82, 2.24) is 4.90 Å². The van der Waals surface area contributed by atoms with E-state index in [1.165, 1.54) is 0 Å². The van der Waals surface area contributed by atoms with Crippen LogP contribution >= 0.6 is 0 Å². The molecule has 0 spiro atoms. The lowest BCUT2D eigenvalue weighted by molar-refractivity contribution is -0.116. The van der Waals surface area contributed by atoms with Crippen molar-refractivity contribution in [2.45, 2.75) is 13.3 Å². The minimum absolute atomic E-state index is 0.0466. The Morgan fingerprint density at radius 2 is 1.68 bits per heavy atom. The topological polar surface area (TPSA) is 53.1 Å². The molecule has 0 radical (unpaired) electrons. The number of piperazine rings is 1. The zero-order valence-corrected chi connectivity index (χ0v) is 16.4. The number of ether oxygens (including phenoxy) is 1. The van der Waals surface area contributed by atoms with Crippen LogP contribution in [0.2, 0.25) is 0 Å². The molecule has 146 valence electrons. The summed E-state index contributed by atoms with van der Waals surface area (Å²) < 4.78 is 5.46. The highest BCUT2D eigenvalue weighted by Crippen LogP contribution is 2.30. The van der Waals surface area contributed by atoms with Crippen LogP contribution in [-0.4, -0.2) is 56.5 Å². The Hall–Kier alpha value is -3.02. The van der Waals surface area contributed by atoms with Crippen LogP contribution in [0.3, 0.4) is 0 Å². The number of para-hydroxylation sites is 2. The predicted octanol–water partition coefficient (Wildman–Crippen LogP) is 2.57. The molecule has 1 fully saturated rings. The van der Waals surface area contributed by atoms with Crippen LogP contribution in [0.25, 0.3) is 0 Å². The lowest BCUT2D eigenvalue weighted by Crippen LogP contribution is -2.48. The SMILES string of the molecule is COc1ccccc1N1CCN(C(=O)c2ccc3c(c2)CCN3C(C)=O)CC1. The van der Waals surface area contributed by atoms with Crippen LogP contribution in [0.4, 0.5) is 11.4 Å². The first kappa shape index (κ1) is 18.3. The monoisotopic (exact) mass is 379 g/mol. The van der Waals surface area contributed by atoms with E-state index >= 15 is 0 Å². The normalized spacial score (nSPS) is 16.1. The van der Waals surface area contributed by atoms with Crippen LogP contribution in [0, 0.1) is 0 Å². The third kappa shape index (κ3) is 3.30. The maximum Gasteiger partial charge on any atom is 0.253 e. The summed E-state index contributed by atoms with van der Waals surface area (Å²) in [6.07, 6.45) is 0.803. The van der Waals surface area contributed by atoms with Gasteiger partial charge in [0, 0.05) is 50.9 Å². The first-order chi connectivity index (χ1) is 13.6. The molecule has 2 aromatic rings. The van der Waals surface area contributed by atoms with Gasteiger partial charge in [0.05, 0.1) is 12.8 Å². The average molecular weight is 379 g/mol. The Balaban J connectivity index is 1.44. The van der Waals surface area contributed by atoms with Gasteiger partial charge in [0.15, 0.2) is 0 Å². The molecule has 0 N–H and O–H groups in total. The van der Waals surface area contributed by atoms with Gasteiger partial charge in [0.2, 0.25) is 5.91 Å². The number of methoxy groups -OCH3 is 1. The summed E-state index contributed by atoms with van der Waals surface area (Å²) in [7, 11) is 1.68. The van der Waals surface area contributed by atoms with Gasteiger partial charge in [-0.05, 0) is 42.3 Å². The molecule has 0 atom stereocenters. The molecule has 6 nitrogen and oxygen atoms in total. The van der Waals surface area contributed by atoms with E-state index in [0.717, 1.165) is 42.2 Å². The van der Waals surface area contributed by atoms with E-state index in [1.54, 1.807) is 18.9 Å². The van der Waals surface area contributed by atoms with E-state index in [-0.39, 0.29) is 11.8 Å². The minimum Gasteiger partial charge on any atom is -0.495 e. The molecule has 0 unspecified atom stereocenters. The number of rotatable bonds is 3. The first-order valence-corrected chi connectivity index (χ1v) is 9.67. The number of hydrogen-bond donors (Lipinski definition) is 0. The number of fused-ring (bicyclic) bond motifs is 1. The first-order valence-electron chi connectivity index (χ1n) is 9.67. The molecule has 2 heterocycles. The highest BCUT2D eigenvalue weighted by molar-refractivity contribution is 5.98. The van der Waals surface area contributed by atoms with Crippen molar-refractivity contribution < 1.29 is 14.3 Å². The molecule has 6 heteroatoms. The second-order valence-corrected chi connectivity index (χ2v) is 7.22. The van der Waals surface area contributed by atoms with Crippen LogP contribution in [0.15, 0.2) is 42.5 Å². The summed E-state index contributed by atoms with van der Waals surface area (Å²) >= 11 is 0. The standard InChI is InChI=1S/C22H25N3O3/c1-16(26)25-10-9-17-15-18(7-8-19(17)25)22(27)24-13-11-23(12-14-24)20-5-3-4-6-21(20)28-2/h3-8,15H,9-14H2,1-2H3. The molecule has 0 aromatic heterocycles. The quantitative estimate of drug-likeness (QED) is 0.823. The van der Waals surface area contributed by atoms with E-state index in [1.807, 2.05) is 41.3 Å². The van der Waals surface area contributed by atoms with Gasteiger partial charge >= 0.3 is 0 Å². The molecule has 28 heavy (non-hydrogen) atoms. The molecule has 0 aliphatic carbocycles. The predicted molar refractivity (Wildman–Crippen MR) is 109 cm³/mol. The summed E-state index contributed by atoms with van der Waals surface area (Å²) in [6, 6.07) is 13.7. The molecule has 0 bridgehead atoms. The number of carbonyl (C=O) groups is 2. The Morgan fingerprint density at radius 1 is 0.929 bits per heavy atom. The van der Waals surface area contributed by atoms with Gasteiger partial charge in [0.1, 0.15) is 5.75 Å². The van der Waals surface area contributed by atoms with Crippen molar-refractivity contribution in [1.29, 1.82) is 0 Å². The van der Waals surface area contributed by atoms with E-state index < -0.39 is 0 Å². The largest absolute Gasteiger partial charge is 0.495 e. The maximum absolute atomic E-state index is 13.0. The molecule has 2 aliphatic rings. The molecule has 2 amide bonds. The molecule has 0 saturated carbocycles. The Bertz CT molecular complexity index is 904. The van der Waals surface area contributed by atoms with Gasteiger partial charge in [-0.25, -0.2) is 0 Å². The van der Waals surface area contributed by atoms with E-state index in [2.05, 4.69) is 11.0 Å². The van der Waals surface area contributed by atoms with Crippen molar-refractivity contribution in [3.63, 3.8) is 0 Å². The van der Waals surface area contributed by atoms with Gasteiger partial charge in [-0.1, -0.05) is 12.1 Å². The van der Waals surface area contributed by atoms with E-state index in [9.17, 15) is 9.59 Å². The molecular formula is C22H25N3O3.